The third-order valence-electron chi connectivity index (χ3n) is 4.88. The molecule has 4 rings (SSSR count). The minimum atomic E-state index is -1.79. The summed E-state index contributed by atoms with van der Waals surface area (Å²) >= 11 is 0. The van der Waals surface area contributed by atoms with E-state index in [1.165, 1.54) is 4.90 Å². The second kappa shape index (κ2) is 7.97. The van der Waals surface area contributed by atoms with E-state index in [1.54, 1.807) is 37.3 Å². The molecule has 1 amide bonds. The van der Waals surface area contributed by atoms with Crippen LogP contribution in [0.4, 0.5) is 5.69 Å². The van der Waals surface area contributed by atoms with E-state index >= 15 is 0 Å². The van der Waals surface area contributed by atoms with Crippen LogP contribution in [-0.4, -0.2) is 21.1 Å². The first-order valence-electron chi connectivity index (χ1n) is 9.24. The second-order valence-corrected chi connectivity index (χ2v) is 8.24. The number of allylic oxidation sites excluding steroid dienone is 1. The third-order valence-corrected chi connectivity index (χ3v) is 6.46. The average molecular weight is 401 g/mol. The van der Waals surface area contributed by atoms with Crippen LogP contribution in [0.15, 0.2) is 101 Å². The standard InChI is InChI=1S/C24H19NO3S/c1-17-21(18-11-5-2-6-12-18)25(19-13-7-3-8-14-19)24(27)23(22(17)26)29(28)20-15-9-4-10-16-20/h2-16,23H,1H3. The Labute approximate surface area is 171 Å². The molecule has 2 atom stereocenters. The van der Waals surface area contributed by atoms with Crippen molar-refractivity contribution >= 4 is 33.9 Å². The second-order valence-electron chi connectivity index (χ2n) is 6.70. The van der Waals surface area contributed by atoms with Crippen molar-refractivity contribution in [1.82, 2.24) is 0 Å². The van der Waals surface area contributed by atoms with Crippen molar-refractivity contribution in [3.63, 3.8) is 0 Å². The zero-order valence-corrected chi connectivity index (χ0v) is 16.6. The van der Waals surface area contributed by atoms with Gasteiger partial charge in [-0.3, -0.25) is 18.7 Å². The highest BCUT2D eigenvalue weighted by Crippen LogP contribution is 2.35. The molecule has 3 aromatic rings. The molecule has 4 nitrogen and oxygen atoms in total. The van der Waals surface area contributed by atoms with Crippen LogP contribution in [-0.2, 0) is 20.4 Å². The van der Waals surface area contributed by atoms with E-state index in [0.29, 0.717) is 21.9 Å². The van der Waals surface area contributed by atoms with Gasteiger partial charge < -0.3 is 0 Å². The van der Waals surface area contributed by atoms with E-state index in [1.807, 2.05) is 60.7 Å². The Kier molecular flexibility index (Phi) is 5.23. The Morgan fingerprint density at radius 3 is 1.86 bits per heavy atom. The summed E-state index contributed by atoms with van der Waals surface area (Å²) in [6, 6.07) is 27.1. The Morgan fingerprint density at radius 2 is 1.28 bits per heavy atom. The summed E-state index contributed by atoms with van der Waals surface area (Å²) in [5, 5.41) is -1.27. The van der Waals surface area contributed by atoms with Crippen molar-refractivity contribution in [1.29, 1.82) is 0 Å². The van der Waals surface area contributed by atoms with E-state index in [2.05, 4.69) is 0 Å². The summed E-state index contributed by atoms with van der Waals surface area (Å²) < 4.78 is 13.2. The molecular formula is C24H19NO3S. The summed E-state index contributed by atoms with van der Waals surface area (Å²) in [5.74, 6) is -0.879. The van der Waals surface area contributed by atoms with Crippen molar-refractivity contribution in [2.75, 3.05) is 4.90 Å². The monoisotopic (exact) mass is 401 g/mol. The molecule has 2 unspecified atom stereocenters. The molecule has 0 bridgehead atoms. The number of carbonyl (C=O) groups excluding carboxylic acids is 2. The van der Waals surface area contributed by atoms with Crippen molar-refractivity contribution in [2.24, 2.45) is 0 Å². The number of carbonyl (C=O) groups is 2. The molecule has 0 aliphatic carbocycles. The molecule has 0 saturated carbocycles. The van der Waals surface area contributed by atoms with E-state index in [-0.39, 0.29) is 0 Å². The topological polar surface area (TPSA) is 54.5 Å². The lowest BCUT2D eigenvalue weighted by Crippen LogP contribution is -2.49. The highest BCUT2D eigenvalue weighted by Gasteiger charge is 2.44. The number of Topliss-reactive ketones (excluding diaryl/α,β-unsaturated/α-hetero) is 1. The minimum absolute atomic E-state index is 0.400. The third kappa shape index (κ3) is 3.45. The first-order valence-corrected chi connectivity index (χ1v) is 10.5. The van der Waals surface area contributed by atoms with Crippen LogP contribution in [0.5, 0.6) is 0 Å². The zero-order valence-electron chi connectivity index (χ0n) is 15.8. The quantitative estimate of drug-likeness (QED) is 0.616. The van der Waals surface area contributed by atoms with Crippen LogP contribution in [0, 0.1) is 0 Å². The van der Waals surface area contributed by atoms with Gasteiger partial charge in [-0.15, -0.1) is 0 Å². The number of para-hydroxylation sites is 1. The molecule has 0 saturated heterocycles. The van der Waals surface area contributed by atoms with E-state index in [0.717, 1.165) is 5.56 Å². The largest absolute Gasteiger partial charge is 0.293 e. The fourth-order valence-corrected chi connectivity index (χ4v) is 4.83. The maximum Gasteiger partial charge on any atom is 0.255 e. The summed E-state index contributed by atoms with van der Waals surface area (Å²) in [7, 11) is -1.79. The fourth-order valence-electron chi connectivity index (χ4n) is 3.48. The summed E-state index contributed by atoms with van der Waals surface area (Å²) in [5.41, 5.74) is 2.36. The fraction of sp³-hybridized carbons (Fsp3) is 0.0833. The van der Waals surface area contributed by atoms with Gasteiger partial charge in [0, 0.05) is 16.2 Å². The molecule has 0 fully saturated rings. The first-order chi connectivity index (χ1) is 14.1. The van der Waals surface area contributed by atoms with Gasteiger partial charge in [-0.05, 0) is 36.8 Å². The van der Waals surface area contributed by atoms with Gasteiger partial charge in [0.1, 0.15) is 0 Å². The Morgan fingerprint density at radius 1 is 0.759 bits per heavy atom. The molecule has 1 aliphatic heterocycles. The first kappa shape index (κ1) is 19.0. The lowest BCUT2D eigenvalue weighted by molar-refractivity contribution is -0.124. The number of nitrogens with zero attached hydrogens (tertiary/aromatic N) is 1. The van der Waals surface area contributed by atoms with Crippen LogP contribution in [0.3, 0.4) is 0 Å². The molecule has 1 heterocycles. The lowest BCUT2D eigenvalue weighted by atomic mass is 9.95. The highest BCUT2D eigenvalue weighted by molar-refractivity contribution is 7.87. The molecule has 29 heavy (non-hydrogen) atoms. The van der Waals surface area contributed by atoms with Gasteiger partial charge in [0.25, 0.3) is 5.91 Å². The maximum absolute atomic E-state index is 13.6. The number of amides is 1. The smallest absolute Gasteiger partial charge is 0.255 e. The molecule has 0 spiro atoms. The van der Waals surface area contributed by atoms with Crippen molar-refractivity contribution in [3.8, 4) is 0 Å². The SMILES string of the molecule is CC1=C(c2ccccc2)N(c2ccccc2)C(=O)C(S(=O)c2ccccc2)C1=O. The molecule has 0 N–H and O–H groups in total. The molecule has 144 valence electrons. The Balaban J connectivity index is 1.90. The molecule has 0 radical (unpaired) electrons. The van der Waals surface area contributed by atoms with Gasteiger partial charge in [-0.25, -0.2) is 0 Å². The lowest BCUT2D eigenvalue weighted by Gasteiger charge is -2.34. The molecule has 3 aromatic carbocycles. The van der Waals surface area contributed by atoms with Gasteiger partial charge >= 0.3 is 0 Å². The molecule has 0 aromatic heterocycles. The number of hydrogen-bond acceptors (Lipinski definition) is 3. The van der Waals surface area contributed by atoms with Crippen LogP contribution in [0.1, 0.15) is 12.5 Å². The van der Waals surface area contributed by atoms with Crippen LogP contribution >= 0.6 is 0 Å². The van der Waals surface area contributed by atoms with Crippen molar-refractivity contribution in [3.05, 3.63) is 102 Å². The van der Waals surface area contributed by atoms with Gasteiger partial charge in [-0.2, -0.15) is 0 Å². The Bertz CT molecular complexity index is 1110. The number of rotatable bonds is 4. The molecule has 5 heteroatoms. The number of hydrogen-bond donors (Lipinski definition) is 0. The van der Waals surface area contributed by atoms with E-state index < -0.39 is 27.7 Å². The number of anilines is 1. The number of benzene rings is 3. The summed E-state index contributed by atoms with van der Waals surface area (Å²) in [4.78, 5) is 28.8. The minimum Gasteiger partial charge on any atom is -0.293 e. The van der Waals surface area contributed by atoms with Crippen molar-refractivity contribution in [2.45, 2.75) is 17.1 Å². The van der Waals surface area contributed by atoms with Crippen LogP contribution < -0.4 is 4.90 Å². The van der Waals surface area contributed by atoms with Crippen LogP contribution in [0.25, 0.3) is 5.70 Å². The van der Waals surface area contributed by atoms with Gasteiger partial charge in [0.2, 0.25) is 0 Å². The maximum atomic E-state index is 13.6. The average Bonchev–Trinajstić information content (AvgIpc) is 2.78. The van der Waals surface area contributed by atoms with Gasteiger partial charge in [0.15, 0.2) is 11.0 Å². The van der Waals surface area contributed by atoms with E-state index in [4.69, 9.17) is 0 Å². The van der Waals surface area contributed by atoms with Gasteiger partial charge in [0.05, 0.1) is 16.5 Å². The summed E-state index contributed by atoms with van der Waals surface area (Å²) in [6.45, 7) is 1.70. The molecular weight excluding hydrogens is 382 g/mol. The Hall–Kier alpha value is -3.31. The van der Waals surface area contributed by atoms with Crippen molar-refractivity contribution < 1.29 is 13.8 Å². The molecule has 1 aliphatic rings. The van der Waals surface area contributed by atoms with Gasteiger partial charge in [-0.1, -0.05) is 66.7 Å². The highest BCUT2D eigenvalue weighted by atomic mass is 32.2. The number of ketones is 1. The van der Waals surface area contributed by atoms with Crippen LogP contribution in [0.2, 0.25) is 0 Å². The predicted octanol–water partition coefficient (Wildman–Crippen LogP) is 4.21. The normalized spacial score (nSPS) is 18.1. The predicted molar refractivity (Wildman–Crippen MR) is 115 cm³/mol. The van der Waals surface area contributed by atoms with E-state index in [9.17, 15) is 13.8 Å². The zero-order chi connectivity index (χ0) is 20.4. The summed E-state index contributed by atoms with van der Waals surface area (Å²) in [6.07, 6.45) is 0.